The van der Waals surface area contributed by atoms with Crippen LogP contribution in [-0.2, 0) is 47.7 Å². The van der Waals surface area contributed by atoms with Gasteiger partial charge in [-0.1, -0.05) is 25.2 Å². The van der Waals surface area contributed by atoms with Crippen LogP contribution >= 0.6 is 11.6 Å². The maximum absolute atomic E-state index is 13.4. The Hall–Kier alpha value is -2.76. The highest BCUT2D eigenvalue weighted by Crippen LogP contribution is 2.61. The van der Waals surface area contributed by atoms with Gasteiger partial charge in [0, 0.05) is 19.3 Å². The highest BCUT2D eigenvalue weighted by atomic mass is 35.5. The van der Waals surface area contributed by atoms with E-state index in [4.69, 9.17) is 35.3 Å². The van der Waals surface area contributed by atoms with Crippen molar-refractivity contribution in [1.29, 1.82) is 0 Å². The summed E-state index contributed by atoms with van der Waals surface area (Å²) in [7, 11) is 0. The minimum atomic E-state index is -1.91. The Morgan fingerprint density at radius 1 is 1.18 bits per heavy atom. The smallest absolute Gasteiger partial charge is 0.344 e. The minimum Gasteiger partial charge on any atom is -0.457 e. The lowest BCUT2D eigenvalue weighted by atomic mass is 9.52. The normalized spacial score (nSPS) is 43.7. The van der Waals surface area contributed by atoms with E-state index in [9.17, 15) is 29.1 Å². The molecule has 12 heteroatoms. The van der Waals surface area contributed by atoms with Crippen LogP contribution in [0.1, 0.15) is 41.0 Å². The van der Waals surface area contributed by atoms with Crippen molar-refractivity contribution in [1.82, 2.24) is 0 Å². The quantitative estimate of drug-likeness (QED) is 0.231. The van der Waals surface area contributed by atoms with Gasteiger partial charge in [-0.05, 0) is 26.3 Å². The second kappa shape index (κ2) is 9.46. The number of aliphatic hydroxyl groups is 1. The SMILES string of the molecule is C=C1C[C@@H](O)[C@H]2OC3([C@H](OC(=O)COC(C)=O)[C@@H]4[C@]2(C)C=CC(=O)[C@@]4(C)OC(C)=O)[C@@H](C)C(=O)O[C@H]3[C@H]1Cl. The van der Waals surface area contributed by atoms with E-state index in [2.05, 4.69) is 6.58 Å². The van der Waals surface area contributed by atoms with E-state index in [1.165, 1.54) is 26.0 Å². The third kappa shape index (κ3) is 4.06. The molecule has 1 spiro atoms. The van der Waals surface area contributed by atoms with Gasteiger partial charge in [-0.2, -0.15) is 0 Å². The van der Waals surface area contributed by atoms with Gasteiger partial charge in [-0.3, -0.25) is 19.2 Å². The molecule has 0 radical (unpaired) electrons. The Labute approximate surface area is 224 Å². The van der Waals surface area contributed by atoms with Crippen LogP contribution in [-0.4, -0.2) is 82.4 Å². The second-order valence-corrected chi connectivity index (χ2v) is 11.2. The number of carbonyl (C=O) groups is 5. The number of ketones is 1. The van der Waals surface area contributed by atoms with Crippen LogP contribution in [0.2, 0.25) is 0 Å². The molecule has 4 rings (SSSR count). The summed E-state index contributed by atoms with van der Waals surface area (Å²) in [6, 6.07) is 0. The molecule has 3 fully saturated rings. The molecule has 0 saturated carbocycles. The fourth-order valence-electron chi connectivity index (χ4n) is 6.55. The largest absolute Gasteiger partial charge is 0.457 e. The third-order valence-electron chi connectivity index (χ3n) is 8.24. The van der Waals surface area contributed by atoms with E-state index in [-0.39, 0.29) is 6.42 Å². The Morgan fingerprint density at radius 2 is 1.84 bits per heavy atom. The fourth-order valence-corrected chi connectivity index (χ4v) is 6.89. The molecule has 2 bridgehead atoms. The molecule has 4 aliphatic rings. The predicted octanol–water partition coefficient (Wildman–Crippen LogP) is 1.17. The van der Waals surface area contributed by atoms with E-state index in [0.29, 0.717) is 5.57 Å². The molecule has 3 heterocycles. The summed E-state index contributed by atoms with van der Waals surface area (Å²) >= 11 is 6.74. The summed E-state index contributed by atoms with van der Waals surface area (Å²) in [5.74, 6) is -6.11. The number of aliphatic hydroxyl groups excluding tert-OH is 1. The number of hydrogen-bond acceptors (Lipinski definition) is 11. The van der Waals surface area contributed by atoms with Gasteiger partial charge in [0.05, 0.1) is 29.4 Å². The first-order valence-corrected chi connectivity index (χ1v) is 12.7. The molecule has 1 unspecified atom stereocenters. The van der Waals surface area contributed by atoms with Gasteiger partial charge >= 0.3 is 23.9 Å². The maximum Gasteiger partial charge on any atom is 0.344 e. The molecular formula is C26H31ClO11. The first kappa shape index (κ1) is 28.3. The second-order valence-electron chi connectivity index (χ2n) is 10.7. The van der Waals surface area contributed by atoms with Crippen molar-refractivity contribution < 1.29 is 52.8 Å². The molecule has 10 atom stereocenters. The van der Waals surface area contributed by atoms with Crippen LogP contribution in [0.15, 0.2) is 24.3 Å². The Kier molecular flexibility index (Phi) is 7.03. The van der Waals surface area contributed by atoms with Gasteiger partial charge in [-0.25, -0.2) is 4.79 Å². The molecule has 208 valence electrons. The number of rotatable bonds is 4. The summed E-state index contributed by atoms with van der Waals surface area (Å²) in [6.45, 7) is 10.0. The fraction of sp³-hybridized carbons (Fsp3) is 0.654. The average molecular weight is 555 g/mol. The number of carbonyl (C=O) groups excluding carboxylic acids is 5. The maximum atomic E-state index is 13.4. The topological polar surface area (TPSA) is 152 Å². The number of halogens is 1. The van der Waals surface area contributed by atoms with Crippen LogP contribution in [0.5, 0.6) is 0 Å². The lowest BCUT2D eigenvalue weighted by Crippen LogP contribution is -2.77. The number of hydrogen-bond donors (Lipinski definition) is 1. The van der Waals surface area contributed by atoms with Crippen LogP contribution in [0.4, 0.5) is 0 Å². The van der Waals surface area contributed by atoms with Crippen molar-refractivity contribution in [2.24, 2.45) is 17.3 Å². The summed E-state index contributed by atoms with van der Waals surface area (Å²) < 4.78 is 28.6. The monoisotopic (exact) mass is 554 g/mol. The Balaban J connectivity index is 2.00. The molecule has 0 amide bonds. The van der Waals surface area contributed by atoms with Crippen molar-refractivity contribution in [3.63, 3.8) is 0 Å². The van der Waals surface area contributed by atoms with E-state index >= 15 is 0 Å². The van der Waals surface area contributed by atoms with Gasteiger partial charge in [0.25, 0.3) is 0 Å². The van der Waals surface area contributed by atoms with Crippen LogP contribution in [0.3, 0.4) is 0 Å². The third-order valence-corrected chi connectivity index (χ3v) is 8.78. The Morgan fingerprint density at radius 3 is 2.45 bits per heavy atom. The average Bonchev–Trinajstić information content (AvgIpc) is 3.06. The minimum absolute atomic E-state index is 0.0113. The van der Waals surface area contributed by atoms with E-state index < -0.39 is 94.5 Å². The molecule has 0 aromatic rings. The van der Waals surface area contributed by atoms with Crippen molar-refractivity contribution in [3.8, 4) is 0 Å². The zero-order valence-corrected chi connectivity index (χ0v) is 22.5. The van der Waals surface area contributed by atoms with Crippen molar-refractivity contribution >= 4 is 41.3 Å². The zero-order valence-electron chi connectivity index (χ0n) is 21.7. The zero-order chi connectivity index (χ0) is 28.4. The van der Waals surface area contributed by atoms with Crippen LogP contribution in [0.25, 0.3) is 0 Å². The number of ether oxygens (including phenoxy) is 5. The number of alkyl halides is 1. The van der Waals surface area contributed by atoms with Gasteiger partial charge in [0.1, 0.15) is 6.10 Å². The summed E-state index contributed by atoms with van der Waals surface area (Å²) in [6.07, 6.45) is -2.28. The van der Waals surface area contributed by atoms with E-state index in [0.717, 1.165) is 13.8 Å². The first-order valence-electron chi connectivity index (χ1n) is 12.2. The standard InChI is InChI=1S/C26H31ClO11/c1-11-9-15(30)20-24(5)8-7-16(31)25(6,37-14(4)29)19(24)22(35-17(32)10-34-13(3)28)26(38-20)12(2)23(33)36-21(26)18(11)27/h7-8,12,15,18-22,30H,1,9-10H2,2-6H3/t12-,15+,18-,19+,20+,21-,22+,24-,25+,26?/m0/s1. The summed E-state index contributed by atoms with van der Waals surface area (Å²) in [5.41, 5.74) is -4.65. The molecule has 38 heavy (non-hydrogen) atoms. The van der Waals surface area contributed by atoms with Crippen molar-refractivity contribution in [2.75, 3.05) is 6.61 Å². The van der Waals surface area contributed by atoms with Gasteiger partial charge < -0.3 is 28.8 Å². The molecule has 11 nitrogen and oxygen atoms in total. The molecule has 1 N–H and O–H groups in total. The highest BCUT2D eigenvalue weighted by Gasteiger charge is 2.77. The molecule has 3 aliphatic heterocycles. The molecule has 0 aromatic carbocycles. The molecule has 3 saturated heterocycles. The number of fused-ring (bicyclic) bond motifs is 3. The molecule has 0 aromatic heterocycles. The van der Waals surface area contributed by atoms with E-state index in [1.54, 1.807) is 6.92 Å². The number of esters is 4. The van der Waals surface area contributed by atoms with Gasteiger partial charge in [-0.15, -0.1) is 11.6 Å². The van der Waals surface area contributed by atoms with E-state index in [1.807, 2.05) is 0 Å². The lowest BCUT2D eigenvalue weighted by Gasteiger charge is -2.63. The molecular weight excluding hydrogens is 524 g/mol. The Bertz CT molecular complexity index is 1130. The summed E-state index contributed by atoms with van der Waals surface area (Å²) in [5, 5.41) is 10.3. The van der Waals surface area contributed by atoms with Gasteiger partial charge in [0.2, 0.25) is 0 Å². The lowest BCUT2D eigenvalue weighted by molar-refractivity contribution is -0.319. The van der Waals surface area contributed by atoms with Gasteiger partial charge in [0.15, 0.2) is 29.7 Å². The molecule has 1 aliphatic carbocycles. The van der Waals surface area contributed by atoms with Crippen LogP contribution in [0, 0.1) is 17.3 Å². The van der Waals surface area contributed by atoms with Crippen LogP contribution < -0.4 is 0 Å². The predicted molar refractivity (Wildman–Crippen MR) is 128 cm³/mol. The first-order chi connectivity index (χ1) is 17.6. The van der Waals surface area contributed by atoms with Crippen molar-refractivity contribution in [3.05, 3.63) is 24.3 Å². The summed E-state index contributed by atoms with van der Waals surface area (Å²) in [4.78, 5) is 63.1. The highest BCUT2D eigenvalue weighted by molar-refractivity contribution is 6.23. The van der Waals surface area contributed by atoms with Crippen molar-refractivity contribution in [2.45, 2.75) is 82.0 Å².